The van der Waals surface area contributed by atoms with Crippen molar-refractivity contribution in [2.24, 2.45) is 5.92 Å². The van der Waals surface area contributed by atoms with E-state index in [2.05, 4.69) is 35.6 Å². The fourth-order valence-corrected chi connectivity index (χ4v) is 3.35. The molecule has 0 atom stereocenters. The molecule has 2 aromatic rings. The zero-order valence-electron chi connectivity index (χ0n) is 13.0. The summed E-state index contributed by atoms with van der Waals surface area (Å²) in [6.45, 7) is 2.64. The highest BCUT2D eigenvalue weighted by Gasteiger charge is 2.23. The van der Waals surface area contributed by atoms with Crippen LogP contribution in [0.5, 0.6) is 0 Å². The minimum absolute atomic E-state index is 0.0901. The van der Waals surface area contributed by atoms with Gasteiger partial charge in [-0.25, -0.2) is 0 Å². The number of carbonyl (C=O) groups excluding carboxylic acids is 1. The van der Waals surface area contributed by atoms with Crippen molar-refractivity contribution in [3.8, 4) is 0 Å². The van der Waals surface area contributed by atoms with Crippen LogP contribution in [0.25, 0.3) is 0 Å². The number of rotatable bonds is 4. The van der Waals surface area contributed by atoms with Crippen LogP contribution in [-0.4, -0.2) is 12.5 Å². The van der Waals surface area contributed by atoms with Crippen molar-refractivity contribution in [1.82, 2.24) is 5.32 Å². The van der Waals surface area contributed by atoms with Crippen molar-refractivity contribution >= 4 is 5.91 Å². The van der Waals surface area contributed by atoms with Gasteiger partial charge in [0.05, 0.1) is 6.26 Å². The molecule has 1 saturated carbocycles. The summed E-state index contributed by atoms with van der Waals surface area (Å²) in [5.74, 6) is 1.62. The number of hydrogen-bond acceptors (Lipinski definition) is 2. The van der Waals surface area contributed by atoms with Crippen LogP contribution in [0.2, 0.25) is 0 Å². The summed E-state index contributed by atoms with van der Waals surface area (Å²) in [5, 5.41) is 3.02. The van der Waals surface area contributed by atoms with Gasteiger partial charge in [-0.05, 0) is 56.1 Å². The van der Waals surface area contributed by atoms with Crippen molar-refractivity contribution in [2.45, 2.75) is 38.5 Å². The molecule has 0 spiro atoms. The number of carbonyl (C=O) groups is 1. The largest absolute Gasteiger partial charge is 0.459 e. The van der Waals surface area contributed by atoms with Gasteiger partial charge in [0.1, 0.15) is 0 Å². The van der Waals surface area contributed by atoms with E-state index in [0.29, 0.717) is 17.6 Å². The van der Waals surface area contributed by atoms with Crippen molar-refractivity contribution in [3.05, 3.63) is 59.5 Å². The number of amides is 1. The Bertz CT molecular complexity index is 609. The molecule has 0 unspecified atom stereocenters. The first-order chi connectivity index (χ1) is 10.7. The van der Waals surface area contributed by atoms with Crippen LogP contribution in [0, 0.1) is 12.8 Å². The molecule has 3 nitrogen and oxygen atoms in total. The summed E-state index contributed by atoms with van der Waals surface area (Å²) >= 11 is 0. The third-order valence-electron chi connectivity index (χ3n) is 4.74. The Labute approximate surface area is 131 Å². The first-order valence-corrected chi connectivity index (χ1v) is 8.11. The third kappa shape index (κ3) is 3.41. The first kappa shape index (κ1) is 14.9. The van der Waals surface area contributed by atoms with Crippen LogP contribution < -0.4 is 5.32 Å². The number of nitrogens with one attached hydrogen (secondary N) is 1. The lowest BCUT2D eigenvalue weighted by molar-refractivity contribution is 0.0914. The maximum absolute atomic E-state index is 12.1. The van der Waals surface area contributed by atoms with Gasteiger partial charge in [0.15, 0.2) is 5.76 Å². The average molecular weight is 297 g/mol. The maximum atomic E-state index is 12.1. The van der Waals surface area contributed by atoms with Crippen LogP contribution in [0.15, 0.2) is 47.1 Å². The molecule has 0 radical (unpaired) electrons. The SMILES string of the molecule is Cc1ccoc1C(=O)NCC1CCC(c2ccccc2)CC1. The molecule has 1 aromatic heterocycles. The van der Waals surface area contributed by atoms with Crippen molar-refractivity contribution in [1.29, 1.82) is 0 Å². The smallest absolute Gasteiger partial charge is 0.287 e. The zero-order valence-corrected chi connectivity index (χ0v) is 13.0. The highest BCUT2D eigenvalue weighted by Crippen LogP contribution is 2.35. The van der Waals surface area contributed by atoms with Gasteiger partial charge < -0.3 is 9.73 Å². The standard InChI is InChI=1S/C19H23NO2/c1-14-11-12-22-18(14)19(21)20-13-15-7-9-17(10-8-15)16-5-3-2-4-6-16/h2-6,11-12,15,17H,7-10,13H2,1H3,(H,20,21). The topological polar surface area (TPSA) is 42.2 Å². The molecule has 1 aromatic carbocycles. The Kier molecular flexibility index (Phi) is 4.62. The Balaban J connectivity index is 1.46. The van der Waals surface area contributed by atoms with Gasteiger partial charge in [0.2, 0.25) is 0 Å². The van der Waals surface area contributed by atoms with Gasteiger partial charge >= 0.3 is 0 Å². The van der Waals surface area contributed by atoms with E-state index in [4.69, 9.17) is 4.42 Å². The predicted molar refractivity (Wildman–Crippen MR) is 86.9 cm³/mol. The van der Waals surface area contributed by atoms with E-state index in [-0.39, 0.29) is 5.91 Å². The molecule has 1 amide bonds. The Morgan fingerprint density at radius 3 is 2.50 bits per heavy atom. The molecule has 1 fully saturated rings. The molecule has 1 heterocycles. The molecular weight excluding hydrogens is 274 g/mol. The van der Waals surface area contributed by atoms with E-state index in [9.17, 15) is 4.79 Å². The first-order valence-electron chi connectivity index (χ1n) is 8.11. The van der Waals surface area contributed by atoms with Crippen molar-refractivity contribution < 1.29 is 9.21 Å². The van der Waals surface area contributed by atoms with Crippen molar-refractivity contribution in [2.75, 3.05) is 6.54 Å². The molecule has 1 N–H and O–H groups in total. The lowest BCUT2D eigenvalue weighted by Gasteiger charge is -2.28. The fraction of sp³-hybridized carbons (Fsp3) is 0.421. The Morgan fingerprint density at radius 2 is 1.86 bits per heavy atom. The summed E-state index contributed by atoms with van der Waals surface area (Å²) in [6, 6.07) is 12.6. The zero-order chi connectivity index (χ0) is 15.4. The third-order valence-corrected chi connectivity index (χ3v) is 4.74. The summed E-state index contributed by atoms with van der Waals surface area (Å²) in [4.78, 5) is 12.1. The van der Waals surface area contributed by atoms with Gasteiger partial charge in [-0.2, -0.15) is 0 Å². The van der Waals surface area contributed by atoms with Crippen LogP contribution in [0.3, 0.4) is 0 Å². The number of aryl methyl sites for hydroxylation is 1. The predicted octanol–water partition coefficient (Wildman–Crippen LogP) is 4.29. The fourth-order valence-electron chi connectivity index (χ4n) is 3.35. The summed E-state index contributed by atoms with van der Waals surface area (Å²) < 4.78 is 5.23. The van der Waals surface area contributed by atoms with E-state index in [1.165, 1.54) is 31.2 Å². The quantitative estimate of drug-likeness (QED) is 0.914. The Morgan fingerprint density at radius 1 is 1.14 bits per heavy atom. The molecule has 0 saturated heterocycles. The van der Waals surface area contributed by atoms with Crippen LogP contribution in [-0.2, 0) is 0 Å². The summed E-state index contributed by atoms with van der Waals surface area (Å²) in [5.41, 5.74) is 2.35. The van der Waals surface area contributed by atoms with Crippen LogP contribution >= 0.6 is 0 Å². The van der Waals surface area contributed by atoms with E-state index in [1.807, 2.05) is 13.0 Å². The average Bonchev–Trinajstić information content (AvgIpc) is 3.00. The number of hydrogen-bond donors (Lipinski definition) is 1. The minimum atomic E-state index is -0.0901. The lowest BCUT2D eigenvalue weighted by Crippen LogP contribution is -2.31. The molecule has 1 aliphatic rings. The molecule has 0 bridgehead atoms. The van der Waals surface area contributed by atoms with E-state index < -0.39 is 0 Å². The van der Waals surface area contributed by atoms with Crippen LogP contribution in [0.4, 0.5) is 0 Å². The van der Waals surface area contributed by atoms with E-state index >= 15 is 0 Å². The molecule has 116 valence electrons. The second-order valence-electron chi connectivity index (χ2n) is 6.27. The number of furan rings is 1. The van der Waals surface area contributed by atoms with Crippen molar-refractivity contribution in [3.63, 3.8) is 0 Å². The normalized spacial score (nSPS) is 21.5. The lowest BCUT2D eigenvalue weighted by atomic mass is 9.79. The number of benzene rings is 1. The second kappa shape index (κ2) is 6.82. The monoisotopic (exact) mass is 297 g/mol. The van der Waals surface area contributed by atoms with E-state index in [0.717, 1.165) is 12.1 Å². The highest BCUT2D eigenvalue weighted by atomic mass is 16.3. The highest BCUT2D eigenvalue weighted by molar-refractivity contribution is 5.92. The molecule has 22 heavy (non-hydrogen) atoms. The Hall–Kier alpha value is -2.03. The summed E-state index contributed by atoms with van der Waals surface area (Å²) in [6.07, 6.45) is 6.35. The second-order valence-corrected chi connectivity index (χ2v) is 6.27. The van der Waals surface area contributed by atoms with Gasteiger partial charge in [-0.1, -0.05) is 30.3 Å². The van der Waals surface area contributed by atoms with Gasteiger partial charge in [0, 0.05) is 12.1 Å². The molecule has 1 aliphatic carbocycles. The maximum Gasteiger partial charge on any atom is 0.287 e. The van der Waals surface area contributed by atoms with Gasteiger partial charge in [0.25, 0.3) is 5.91 Å². The summed E-state index contributed by atoms with van der Waals surface area (Å²) in [7, 11) is 0. The van der Waals surface area contributed by atoms with Gasteiger partial charge in [-0.15, -0.1) is 0 Å². The molecule has 0 aliphatic heterocycles. The van der Waals surface area contributed by atoms with Gasteiger partial charge in [-0.3, -0.25) is 4.79 Å². The van der Waals surface area contributed by atoms with E-state index in [1.54, 1.807) is 6.26 Å². The molecule has 3 heteroatoms. The molecular formula is C19H23NO2. The molecule has 3 rings (SSSR count). The van der Waals surface area contributed by atoms with Crippen LogP contribution in [0.1, 0.15) is 53.3 Å². The minimum Gasteiger partial charge on any atom is -0.459 e.